The van der Waals surface area contributed by atoms with Gasteiger partial charge in [0.05, 0.1) is 23.5 Å². The van der Waals surface area contributed by atoms with E-state index in [2.05, 4.69) is 26.2 Å². The number of cyclic esters (lactones) is 1. The van der Waals surface area contributed by atoms with Crippen molar-refractivity contribution in [3.63, 3.8) is 0 Å². The van der Waals surface area contributed by atoms with Crippen LogP contribution in [0.1, 0.15) is 5.56 Å². The van der Waals surface area contributed by atoms with Crippen LogP contribution >= 0.6 is 0 Å². The molecular weight excluding hydrogens is 453 g/mol. The third-order valence-corrected chi connectivity index (χ3v) is 5.90. The van der Waals surface area contributed by atoms with Gasteiger partial charge < -0.3 is 19.3 Å². The van der Waals surface area contributed by atoms with Crippen molar-refractivity contribution in [2.24, 2.45) is 0 Å². The highest BCUT2D eigenvalue weighted by Crippen LogP contribution is 2.29. The molecule has 5 rings (SSSR count). The van der Waals surface area contributed by atoms with E-state index in [1.54, 1.807) is 36.5 Å². The molecule has 0 N–H and O–H groups in total. The minimum atomic E-state index is -0.548. The van der Waals surface area contributed by atoms with Crippen LogP contribution in [-0.4, -0.2) is 66.7 Å². The van der Waals surface area contributed by atoms with Crippen LogP contribution in [0.25, 0.3) is 0 Å². The summed E-state index contributed by atoms with van der Waals surface area (Å²) in [6, 6.07) is 13.8. The molecule has 2 aliphatic rings. The zero-order valence-corrected chi connectivity index (χ0v) is 18.7. The molecule has 1 atom stereocenters. The number of benzene rings is 1. The van der Waals surface area contributed by atoms with Gasteiger partial charge in [-0.15, -0.1) is 5.10 Å². The average molecular weight is 475 g/mol. The van der Waals surface area contributed by atoms with Crippen molar-refractivity contribution in [2.45, 2.75) is 6.10 Å². The van der Waals surface area contributed by atoms with E-state index in [1.165, 1.54) is 17.2 Å². The summed E-state index contributed by atoms with van der Waals surface area (Å²) in [5, 5.41) is 16.5. The number of carbonyl (C=O) groups is 1. The Balaban J connectivity index is 1.19. The summed E-state index contributed by atoms with van der Waals surface area (Å²) in [4.78, 5) is 22.2. The van der Waals surface area contributed by atoms with E-state index < -0.39 is 18.0 Å². The van der Waals surface area contributed by atoms with Crippen molar-refractivity contribution in [1.29, 1.82) is 5.26 Å². The quantitative estimate of drug-likeness (QED) is 0.532. The second-order valence-electron chi connectivity index (χ2n) is 8.12. The van der Waals surface area contributed by atoms with E-state index in [0.29, 0.717) is 49.0 Å². The van der Waals surface area contributed by atoms with Gasteiger partial charge in [0.2, 0.25) is 5.88 Å². The molecule has 2 fully saturated rings. The minimum Gasteiger partial charge on any atom is -0.473 e. The van der Waals surface area contributed by atoms with Crippen LogP contribution < -0.4 is 19.4 Å². The summed E-state index contributed by atoms with van der Waals surface area (Å²) in [6.45, 7) is 2.95. The molecule has 2 aliphatic heterocycles. The summed E-state index contributed by atoms with van der Waals surface area (Å²) in [7, 11) is 0. The molecule has 0 spiro atoms. The Morgan fingerprint density at radius 3 is 2.66 bits per heavy atom. The van der Waals surface area contributed by atoms with Gasteiger partial charge in [0, 0.05) is 44.6 Å². The van der Waals surface area contributed by atoms with Gasteiger partial charge in [-0.1, -0.05) is 0 Å². The van der Waals surface area contributed by atoms with Crippen LogP contribution in [0.3, 0.4) is 0 Å². The molecule has 1 amide bonds. The Morgan fingerprint density at radius 2 is 1.97 bits per heavy atom. The van der Waals surface area contributed by atoms with Crippen molar-refractivity contribution < 1.29 is 18.7 Å². The first-order valence-corrected chi connectivity index (χ1v) is 11.1. The Kier molecular flexibility index (Phi) is 6.26. The zero-order chi connectivity index (χ0) is 24.2. The Hall–Kier alpha value is -4.46. The third kappa shape index (κ3) is 4.91. The SMILES string of the molecule is N#Cc1ccc(N2CCN(c3ccc(N4C[C@H](COc5cccnn5)OC4=O)cc3F)CC2)nc1. The van der Waals surface area contributed by atoms with E-state index in [0.717, 1.165) is 5.82 Å². The summed E-state index contributed by atoms with van der Waals surface area (Å²) < 4.78 is 25.9. The molecule has 0 unspecified atom stereocenters. The van der Waals surface area contributed by atoms with E-state index in [9.17, 15) is 4.79 Å². The lowest BCUT2D eigenvalue weighted by Crippen LogP contribution is -2.47. The van der Waals surface area contributed by atoms with Crippen LogP contribution in [0.2, 0.25) is 0 Å². The number of aromatic nitrogens is 3. The molecule has 0 radical (unpaired) electrons. The Bertz CT molecular complexity index is 1230. The maximum Gasteiger partial charge on any atom is 0.414 e. The van der Waals surface area contributed by atoms with Crippen molar-refractivity contribution >= 4 is 23.3 Å². The zero-order valence-electron chi connectivity index (χ0n) is 18.7. The first-order chi connectivity index (χ1) is 17.1. The molecule has 178 valence electrons. The lowest BCUT2D eigenvalue weighted by molar-refractivity contribution is 0.103. The van der Waals surface area contributed by atoms with E-state index >= 15 is 4.39 Å². The lowest BCUT2D eigenvalue weighted by Gasteiger charge is -2.37. The number of halogens is 1. The fourth-order valence-electron chi connectivity index (χ4n) is 4.10. The van der Waals surface area contributed by atoms with Crippen LogP contribution in [0.15, 0.2) is 54.9 Å². The number of ether oxygens (including phenoxy) is 2. The van der Waals surface area contributed by atoms with Gasteiger partial charge in [0.25, 0.3) is 0 Å². The molecule has 3 aromatic rings. The van der Waals surface area contributed by atoms with E-state index in [-0.39, 0.29) is 13.2 Å². The monoisotopic (exact) mass is 475 g/mol. The van der Waals surface area contributed by atoms with Gasteiger partial charge >= 0.3 is 6.09 Å². The van der Waals surface area contributed by atoms with E-state index in [4.69, 9.17) is 14.7 Å². The Morgan fingerprint density at radius 1 is 1.14 bits per heavy atom. The predicted octanol–water partition coefficient (Wildman–Crippen LogP) is 2.61. The fraction of sp³-hybridized carbons (Fsp3) is 0.292. The number of rotatable bonds is 6. The van der Waals surface area contributed by atoms with Gasteiger partial charge in [-0.2, -0.15) is 10.4 Å². The highest BCUT2D eigenvalue weighted by Gasteiger charge is 2.33. The number of hydrogen-bond acceptors (Lipinski definition) is 9. The maximum atomic E-state index is 15.1. The molecule has 2 saturated heterocycles. The summed E-state index contributed by atoms with van der Waals surface area (Å²) >= 11 is 0. The van der Waals surface area contributed by atoms with Gasteiger partial charge in [-0.05, 0) is 36.4 Å². The number of hydrogen-bond donors (Lipinski definition) is 0. The molecule has 4 heterocycles. The third-order valence-electron chi connectivity index (χ3n) is 5.90. The Labute approximate surface area is 201 Å². The molecular formula is C24H22FN7O3. The van der Waals surface area contributed by atoms with Crippen molar-refractivity contribution in [1.82, 2.24) is 15.2 Å². The van der Waals surface area contributed by atoms with Crippen LogP contribution in [0.4, 0.5) is 26.4 Å². The number of nitriles is 1. The largest absolute Gasteiger partial charge is 0.473 e. The number of nitrogens with zero attached hydrogens (tertiary/aromatic N) is 7. The molecule has 1 aromatic carbocycles. The lowest BCUT2D eigenvalue weighted by atomic mass is 10.2. The van der Waals surface area contributed by atoms with Crippen molar-refractivity contribution in [3.8, 4) is 11.9 Å². The number of piperazine rings is 1. The average Bonchev–Trinajstić information content (AvgIpc) is 3.28. The molecule has 35 heavy (non-hydrogen) atoms. The molecule has 0 saturated carbocycles. The van der Waals surface area contributed by atoms with Gasteiger partial charge in [-0.3, -0.25) is 4.90 Å². The van der Waals surface area contributed by atoms with Crippen LogP contribution in [-0.2, 0) is 4.74 Å². The molecule has 10 nitrogen and oxygen atoms in total. The molecule has 0 bridgehead atoms. The molecule has 11 heteroatoms. The first kappa shape index (κ1) is 22.3. The van der Waals surface area contributed by atoms with Gasteiger partial charge in [0.15, 0.2) is 6.10 Å². The fourth-order valence-corrected chi connectivity index (χ4v) is 4.10. The predicted molar refractivity (Wildman–Crippen MR) is 125 cm³/mol. The van der Waals surface area contributed by atoms with Crippen LogP contribution in [0, 0.1) is 17.1 Å². The highest BCUT2D eigenvalue weighted by atomic mass is 19.1. The van der Waals surface area contributed by atoms with Crippen molar-refractivity contribution in [2.75, 3.05) is 54.0 Å². The molecule has 0 aliphatic carbocycles. The summed E-state index contributed by atoms with van der Waals surface area (Å²) in [5.74, 6) is 0.733. The maximum absolute atomic E-state index is 15.1. The number of pyridine rings is 1. The van der Waals surface area contributed by atoms with E-state index in [1.807, 2.05) is 11.0 Å². The topological polar surface area (TPSA) is 108 Å². The normalized spacial score (nSPS) is 17.8. The van der Waals surface area contributed by atoms with Gasteiger partial charge in [-0.25, -0.2) is 14.2 Å². The summed E-state index contributed by atoms with van der Waals surface area (Å²) in [6.07, 6.45) is 2.04. The van der Waals surface area contributed by atoms with Crippen molar-refractivity contribution in [3.05, 3.63) is 66.2 Å². The first-order valence-electron chi connectivity index (χ1n) is 11.1. The smallest absolute Gasteiger partial charge is 0.414 e. The number of carbonyl (C=O) groups excluding carboxylic acids is 1. The highest BCUT2D eigenvalue weighted by molar-refractivity contribution is 5.90. The molecule has 2 aromatic heterocycles. The second-order valence-corrected chi connectivity index (χ2v) is 8.12. The second kappa shape index (κ2) is 9.80. The summed E-state index contributed by atoms with van der Waals surface area (Å²) in [5.41, 5.74) is 1.43. The van der Waals surface area contributed by atoms with Crippen LogP contribution in [0.5, 0.6) is 5.88 Å². The number of amides is 1. The van der Waals surface area contributed by atoms with Gasteiger partial charge in [0.1, 0.15) is 24.3 Å². The standard InChI is InChI=1S/C24H22FN7O3/c25-20-12-18(32-15-19(35-24(32)33)16-34-23-2-1-7-28-29-23)4-5-21(20)30-8-10-31(11-9-30)22-6-3-17(13-26)14-27-22/h1-7,12,14,19H,8-11,15-16H2/t19-/m1/s1. The number of anilines is 3. The minimum absolute atomic E-state index is 0.125.